The number of nitrogens with two attached hydrogens (primary N) is 1. The van der Waals surface area contributed by atoms with E-state index in [4.69, 9.17) is 10.5 Å². The molecule has 1 aromatic rings. The van der Waals surface area contributed by atoms with E-state index >= 15 is 0 Å². The standard InChI is InChI=1S/C13H18F2N2O/c1-8-10(5-6-18-8)17(2)11-4-3-9(7-16)12(14)13(11)15/h3-4,8,10H,5-7,16H2,1-2H3. The molecule has 0 spiro atoms. The van der Waals surface area contributed by atoms with Gasteiger partial charge in [-0.3, -0.25) is 0 Å². The number of hydrogen-bond donors (Lipinski definition) is 1. The molecule has 5 heteroatoms. The van der Waals surface area contributed by atoms with Gasteiger partial charge in [-0.1, -0.05) is 6.07 Å². The highest BCUT2D eigenvalue weighted by atomic mass is 19.2. The van der Waals surface area contributed by atoms with E-state index in [0.29, 0.717) is 6.61 Å². The maximum atomic E-state index is 14.0. The molecule has 1 aromatic carbocycles. The molecule has 2 rings (SSSR count). The summed E-state index contributed by atoms with van der Waals surface area (Å²) in [5, 5.41) is 0. The van der Waals surface area contributed by atoms with Crippen molar-refractivity contribution in [3.8, 4) is 0 Å². The summed E-state index contributed by atoms with van der Waals surface area (Å²) in [5.74, 6) is -1.69. The van der Waals surface area contributed by atoms with Crippen molar-refractivity contribution in [3.63, 3.8) is 0 Å². The van der Waals surface area contributed by atoms with Gasteiger partial charge in [0.05, 0.1) is 17.8 Å². The fraction of sp³-hybridized carbons (Fsp3) is 0.538. The molecule has 18 heavy (non-hydrogen) atoms. The third-order valence-corrected chi connectivity index (χ3v) is 3.58. The van der Waals surface area contributed by atoms with Crippen molar-refractivity contribution in [1.29, 1.82) is 0 Å². The maximum absolute atomic E-state index is 14.0. The predicted molar refractivity (Wildman–Crippen MR) is 66.5 cm³/mol. The number of nitrogens with zero attached hydrogens (tertiary/aromatic N) is 1. The minimum atomic E-state index is -0.853. The second kappa shape index (κ2) is 5.20. The van der Waals surface area contributed by atoms with Gasteiger partial charge < -0.3 is 15.4 Å². The molecule has 1 saturated heterocycles. The van der Waals surface area contributed by atoms with Crippen molar-refractivity contribution in [1.82, 2.24) is 0 Å². The number of ether oxygens (including phenoxy) is 1. The zero-order valence-electron chi connectivity index (χ0n) is 10.6. The molecular weight excluding hydrogens is 238 g/mol. The first-order chi connectivity index (χ1) is 8.56. The van der Waals surface area contributed by atoms with Gasteiger partial charge in [0.25, 0.3) is 0 Å². The first-order valence-corrected chi connectivity index (χ1v) is 6.07. The van der Waals surface area contributed by atoms with Gasteiger partial charge in [0.15, 0.2) is 11.6 Å². The van der Waals surface area contributed by atoms with Crippen molar-refractivity contribution in [2.75, 3.05) is 18.6 Å². The lowest BCUT2D eigenvalue weighted by Gasteiger charge is -2.29. The Balaban J connectivity index is 2.30. The van der Waals surface area contributed by atoms with Crippen LogP contribution in [0.5, 0.6) is 0 Å². The molecule has 100 valence electrons. The van der Waals surface area contributed by atoms with E-state index in [1.165, 1.54) is 6.07 Å². The Bertz CT molecular complexity index is 439. The molecular formula is C13H18F2N2O. The van der Waals surface area contributed by atoms with E-state index in [0.717, 1.165) is 6.42 Å². The van der Waals surface area contributed by atoms with Crippen LogP contribution in [0.25, 0.3) is 0 Å². The Morgan fingerprint density at radius 2 is 2.11 bits per heavy atom. The average Bonchev–Trinajstić information content (AvgIpc) is 2.78. The minimum absolute atomic E-state index is 0.00428. The Labute approximate surface area is 106 Å². The van der Waals surface area contributed by atoms with E-state index in [9.17, 15) is 8.78 Å². The summed E-state index contributed by atoms with van der Waals surface area (Å²) in [4.78, 5) is 1.75. The molecule has 1 aliphatic heterocycles. The fourth-order valence-electron chi connectivity index (χ4n) is 2.42. The Kier molecular flexibility index (Phi) is 3.82. The SMILES string of the molecule is CC1OCCC1N(C)c1ccc(CN)c(F)c1F. The lowest BCUT2D eigenvalue weighted by Crippen LogP contribution is -2.37. The zero-order chi connectivity index (χ0) is 13.3. The first kappa shape index (κ1) is 13.2. The van der Waals surface area contributed by atoms with Crippen LogP contribution in [0.4, 0.5) is 14.5 Å². The highest BCUT2D eigenvalue weighted by Gasteiger charge is 2.30. The van der Waals surface area contributed by atoms with E-state index < -0.39 is 11.6 Å². The third kappa shape index (κ3) is 2.20. The van der Waals surface area contributed by atoms with Crippen molar-refractivity contribution in [2.45, 2.75) is 32.0 Å². The van der Waals surface area contributed by atoms with Crippen LogP contribution in [0, 0.1) is 11.6 Å². The van der Waals surface area contributed by atoms with Crippen molar-refractivity contribution >= 4 is 5.69 Å². The largest absolute Gasteiger partial charge is 0.376 e. The first-order valence-electron chi connectivity index (χ1n) is 6.07. The molecule has 0 amide bonds. The quantitative estimate of drug-likeness (QED) is 0.899. The predicted octanol–water partition coefficient (Wildman–Crippen LogP) is 2.04. The summed E-state index contributed by atoms with van der Waals surface area (Å²) in [5.41, 5.74) is 5.80. The minimum Gasteiger partial charge on any atom is -0.376 e. The number of rotatable bonds is 3. The van der Waals surface area contributed by atoms with Gasteiger partial charge in [-0.05, 0) is 19.4 Å². The Morgan fingerprint density at radius 3 is 2.67 bits per heavy atom. The summed E-state index contributed by atoms with van der Waals surface area (Å²) in [6, 6.07) is 3.18. The number of anilines is 1. The molecule has 0 bridgehead atoms. The number of likely N-dealkylation sites (N-methyl/N-ethyl adjacent to an activating group) is 1. The van der Waals surface area contributed by atoms with Gasteiger partial charge in [0.1, 0.15) is 0 Å². The highest BCUT2D eigenvalue weighted by molar-refractivity contribution is 5.50. The van der Waals surface area contributed by atoms with E-state index in [-0.39, 0.29) is 29.9 Å². The van der Waals surface area contributed by atoms with Crippen LogP contribution in [-0.4, -0.2) is 25.8 Å². The van der Waals surface area contributed by atoms with Crippen LogP contribution >= 0.6 is 0 Å². The molecule has 1 aliphatic rings. The van der Waals surface area contributed by atoms with Gasteiger partial charge in [-0.25, -0.2) is 8.78 Å². The molecule has 0 radical (unpaired) electrons. The van der Waals surface area contributed by atoms with Crippen molar-refractivity contribution < 1.29 is 13.5 Å². The molecule has 1 heterocycles. The molecule has 2 N–H and O–H groups in total. The number of benzene rings is 1. The zero-order valence-corrected chi connectivity index (χ0v) is 10.6. The molecule has 0 aliphatic carbocycles. The normalized spacial score (nSPS) is 23.4. The maximum Gasteiger partial charge on any atom is 0.182 e. The summed E-state index contributed by atoms with van der Waals surface area (Å²) >= 11 is 0. The van der Waals surface area contributed by atoms with Gasteiger partial charge >= 0.3 is 0 Å². The van der Waals surface area contributed by atoms with Gasteiger partial charge in [0, 0.05) is 25.8 Å². The lowest BCUT2D eigenvalue weighted by molar-refractivity contribution is 0.118. The number of halogens is 2. The molecule has 0 aromatic heterocycles. The summed E-state index contributed by atoms with van der Waals surface area (Å²) < 4.78 is 33.1. The Hall–Kier alpha value is -1.20. The van der Waals surface area contributed by atoms with Crippen LogP contribution in [0.3, 0.4) is 0 Å². The van der Waals surface area contributed by atoms with Crippen LogP contribution < -0.4 is 10.6 Å². The molecule has 1 fully saturated rings. The second-order valence-electron chi connectivity index (χ2n) is 4.62. The van der Waals surface area contributed by atoms with Crippen molar-refractivity contribution in [3.05, 3.63) is 29.3 Å². The topological polar surface area (TPSA) is 38.5 Å². The molecule has 2 unspecified atom stereocenters. The lowest BCUT2D eigenvalue weighted by atomic mass is 10.1. The van der Waals surface area contributed by atoms with Crippen LogP contribution in [0.15, 0.2) is 12.1 Å². The second-order valence-corrected chi connectivity index (χ2v) is 4.62. The van der Waals surface area contributed by atoms with E-state index in [1.54, 1.807) is 18.0 Å². The highest BCUT2D eigenvalue weighted by Crippen LogP contribution is 2.28. The van der Waals surface area contributed by atoms with Crippen LogP contribution in [-0.2, 0) is 11.3 Å². The number of hydrogen-bond acceptors (Lipinski definition) is 3. The van der Waals surface area contributed by atoms with Gasteiger partial charge in [-0.2, -0.15) is 0 Å². The monoisotopic (exact) mass is 256 g/mol. The molecule has 2 atom stereocenters. The summed E-state index contributed by atoms with van der Waals surface area (Å²) in [6.45, 7) is 2.59. The smallest absolute Gasteiger partial charge is 0.182 e. The van der Waals surface area contributed by atoms with Crippen LogP contribution in [0.2, 0.25) is 0 Å². The van der Waals surface area contributed by atoms with E-state index in [1.807, 2.05) is 6.92 Å². The van der Waals surface area contributed by atoms with E-state index in [2.05, 4.69) is 0 Å². The average molecular weight is 256 g/mol. The fourth-order valence-corrected chi connectivity index (χ4v) is 2.42. The summed E-state index contributed by atoms with van der Waals surface area (Å²) in [7, 11) is 1.76. The third-order valence-electron chi connectivity index (χ3n) is 3.58. The van der Waals surface area contributed by atoms with Gasteiger partial charge in [-0.15, -0.1) is 0 Å². The summed E-state index contributed by atoms with van der Waals surface area (Å²) in [6.07, 6.45) is 0.837. The molecule has 3 nitrogen and oxygen atoms in total. The van der Waals surface area contributed by atoms with Crippen molar-refractivity contribution in [2.24, 2.45) is 5.73 Å². The molecule has 0 saturated carbocycles. The van der Waals surface area contributed by atoms with Gasteiger partial charge in [0.2, 0.25) is 0 Å². The van der Waals surface area contributed by atoms with Crippen LogP contribution in [0.1, 0.15) is 18.9 Å². The Morgan fingerprint density at radius 1 is 1.39 bits per heavy atom.